The second-order valence-corrected chi connectivity index (χ2v) is 5.79. The van der Waals surface area contributed by atoms with Gasteiger partial charge in [0.2, 0.25) is 0 Å². The maximum absolute atomic E-state index is 4.59. The van der Waals surface area contributed by atoms with Crippen molar-refractivity contribution in [2.24, 2.45) is 7.05 Å². The summed E-state index contributed by atoms with van der Waals surface area (Å²) in [5.74, 6) is 0. The summed E-state index contributed by atoms with van der Waals surface area (Å²) in [6, 6.07) is 4.24. The molecule has 3 rings (SSSR count). The molecule has 0 saturated carbocycles. The first kappa shape index (κ1) is 11.2. The van der Waals surface area contributed by atoms with Crippen LogP contribution in [-0.2, 0) is 12.5 Å². The number of aromatic nitrogens is 3. The van der Waals surface area contributed by atoms with Crippen LogP contribution in [0.25, 0.3) is 21.8 Å². The third-order valence-corrected chi connectivity index (χ3v) is 3.46. The number of hydrogen-bond donors (Lipinski definition) is 0. The molecule has 0 saturated heterocycles. The third kappa shape index (κ3) is 1.50. The standard InChI is InChI=1S/C15H17N3/c1-15(2,3)14-7-10-11-8-16-6-5-12(11)18(4)13(10)9-17-14/h5-9H,1-4H3. The Morgan fingerprint density at radius 2 is 1.83 bits per heavy atom. The molecule has 3 aromatic rings. The van der Waals surface area contributed by atoms with Gasteiger partial charge in [-0.05, 0) is 12.1 Å². The van der Waals surface area contributed by atoms with Crippen molar-refractivity contribution in [3.05, 3.63) is 36.4 Å². The Hall–Kier alpha value is -1.90. The monoisotopic (exact) mass is 239 g/mol. The number of aryl methyl sites for hydroxylation is 1. The van der Waals surface area contributed by atoms with Crippen molar-refractivity contribution in [2.75, 3.05) is 0 Å². The first-order chi connectivity index (χ1) is 8.48. The van der Waals surface area contributed by atoms with Crippen LogP contribution in [0.15, 0.2) is 30.7 Å². The summed E-state index contributed by atoms with van der Waals surface area (Å²) < 4.78 is 2.17. The largest absolute Gasteiger partial charge is 0.342 e. The molecular weight excluding hydrogens is 222 g/mol. The molecule has 3 nitrogen and oxygen atoms in total. The maximum Gasteiger partial charge on any atom is 0.0675 e. The van der Waals surface area contributed by atoms with E-state index in [1.807, 2.05) is 24.7 Å². The second kappa shape index (κ2) is 3.55. The van der Waals surface area contributed by atoms with Crippen molar-refractivity contribution in [1.82, 2.24) is 14.5 Å². The van der Waals surface area contributed by atoms with Gasteiger partial charge in [-0.15, -0.1) is 0 Å². The fraction of sp³-hybridized carbons (Fsp3) is 0.333. The third-order valence-electron chi connectivity index (χ3n) is 3.46. The van der Waals surface area contributed by atoms with Gasteiger partial charge in [-0.25, -0.2) is 0 Å². The van der Waals surface area contributed by atoms with Crippen LogP contribution in [0.4, 0.5) is 0 Å². The van der Waals surface area contributed by atoms with E-state index in [0.717, 1.165) is 11.2 Å². The average Bonchev–Trinajstić information content (AvgIpc) is 2.63. The fourth-order valence-electron chi connectivity index (χ4n) is 2.36. The van der Waals surface area contributed by atoms with Crippen LogP contribution in [0.5, 0.6) is 0 Å². The highest BCUT2D eigenvalue weighted by Crippen LogP contribution is 2.30. The van der Waals surface area contributed by atoms with E-state index in [1.54, 1.807) is 0 Å². The van der Waals surface area contributed by atoms with E-state index in [9.17, 15) is 0 Å². The Morgan fingerprint density at radius 3 is 2.56 bits per heavy atom. The van der Waals surface area contributed by atoms with Crippen LogP contribution in [0, 0.1) is 0 Å². The zero-order chi connectivity index (χ0) is 12.9. The molecular formula is C15H17N3. The molecule has 0 N–H and O–H groups in total. The van der Waals surface area contributed by atoms with Crippen molar-refractivity contribution < 1.29 is 0 Å². The van der Waals surface area contributed by atoms with Gasteiger partial charge in [0.25, 0.3) is 0 Å². The molecule has 0 fully saturated rings. The molecule has 0 spiro atoms. The molecule has 0 aliphatic heterocycles. The molecule has 0 radical (unpaired) electrons. The van der Waals surface area contributed by atoms with Crippen molar-refractivity contribution in [1.29, 1.82) is 0 Å². The molecule has 0 bridgehead atoms. The van der Waals surface area contributed by atoms with Gasteiger partial charge in [0.05, 0.1) is 17.2 Å². The Balaban J connectivity index is 2.44. The molecule has 18 heavy (non-hydrogen) atoms. The van der Waals surface area contributed by atoms with Gasteiger partial charge in [0, 0.05) is 41.3 Å². The minimum Gasteiger partial charge on any atom is -0.342 e. The highest BCUT2D eigenvalue weighted by molar-refractivity contribution is 6.07. The van der Waals surface area contributed by atoms with Gasteiger partial charge >= 0.3 is 0 Å². The Bertz CT molecular complexity index is 732. The van der Waals surface area contributed by atoms with Crippen LogP contribution in [0.3, 0.4) is 0 Å². The Morgan fingerprint density at radius 1 is 1.06 bits per heavy atom. The first-order valence-corrected chi connectivity index (χ1v) is 6.17. The Kier molecular flexibility index (Phi) is 2.21. The topological polar surface area (TPSA) is 30.7 Å². The predicted octanol–water partition coefficient (Wildman–Crippen LogP) is 3.42. The van der Waals surface area contributed by atoms with Gasteiger partial charge in [-0.1, -0.05) is 20.8 Å². The molecule has 0 unspecified atom stereocenters. The van der Waals surface area contributed by atoms with Crippen LogP contribution in [0.1, 0.15) is 26.5 Å². The molecule has 3 heterocycles. The highest BCUT2D eigenvalue weighted by Gasteiger charge is 2.17. The first-order valence-electron chi connectivity index (χ1n) is 6.17. The maximum atomic E-state index is 4.59. The van der Waals surface area contributed by atoms with Crippen molar-refractivity contribution in [2.45, 2.75) is 26.2 Å². The van der Waals surface area contributed by atoms with Gasteiger partial charge < -0.3 is 4.57 Å². The summed E-state index contributed by atoms with van der Waals surface area (Å²) in [6.45, 7) is 6.56. The minimum atomic E-state index is 0.0680. The smallest absolute Gasteiger partial charge is 0.0675 e. The van der Waals surface area contributed by atoms with Crippen molar-refractivity contribution >= 4 is 21.8 Å². The van der Waals surface area contributed by atoms with Crippen LogP contribution >= 0.6 is 0 Å². The summed E-state index contributed by atoms with van der Waals surface area (Å²) >= 11 is 0. The molecule has 0 atom stereocenters. The SMILES string of the molecule is Cn1c2ccncc2c2cc(C(C)(C)C)ncc21. The normalized spacial score (nSPS) is 12.4. The van der Waals surface area contributed by atoms with Crippen molar-refractivity contribution in [3.63, 3.8) is 0 Å². The zero-order valence-electron chi connectivity index (χ0n) is 11.2. The Labute approximate surface area is 106 Å². The van der Waals surface area contributed by atoms with E-state index in [0.29, 0.717) is 0 Å². The summed E-state index contributed by atoms with van der Waals surface area (Å²) in [5, 5.41) is 2.43. The average molecular weight is 239 g/mol. The lowest BCUT2D eigenvalue weighted by atomic mass is 9.91. The van der Waals surface area contributed by atoms with Gasteiger partial charge in [-0.2, -0.15) is 0 Å². The van der Waals surface area contributed by atoms with E-state index < -0.39 is 0 Å². The number of nitrogens with zero attached hydrogens (tertiary/aromatic N) is 3. The minimum absolute atomic E-state index is 0.0680. The number of rotatable bonds is 0. The summed E-state index contributed by atoms with van der Waals surface area (Å²) in [7, 11) is 2.07. The van der Waals surface area contributed by atoms with E-state index in [2.05, 4.69) is 48.4 Å². The summed E-state index contributed by atoms with van der Waals surface area (Å²) in [4.78, 5) is 8.83. The lowest BCUT2D eigenvalue weighted by molar-refractivity contribution is 0.570. The van der Waals surface area contributed by atoms with Gasteiger partial charge in [-0.3, -0.25) is 9.97 Å². The number of hydrogen-bond acceptors (Lipinski definition) is 2. The van der Waals surface area contributed by atoms with E-state index in [4.69, 9.17) is 0 Å². The predicted molar refractivity (Wildman–Crippen MR) is 74.7 cm³/mol. The quantitative estimate of drug-likeness (QED) is 0.602. The van der Waals surface area contributed by atoms with E-state index in [-0.39, 0.29) is 5.41 Å². The molecule has 0 aromatic carbocycles. The summed E-state index contributed by atoms with van der Waals surface area (Å²) in [6.07, 6.45) is 5.74. The molecule has 0 aliphatic carbocycles. The van der Waals surface area contributed by atoms with Crippen molar-refractivity contribution in [3.8, 4) is 0 Å². The molecule has 3 aromatic heterocycles. The fourth-order valence-corrected chi connectivity index (χ4v) is 2.36. The molecule has 0 aliphatic rings. The zero-order valence-corrected chi connectivity index (χ0v) is 11.2. The van der Waals surface area contributed by atoms with Gasteiger partial charge in [0.1, 0.15) is 0 Å². The van der Waals surface area contributed by atoms with Crippen LogP contribution < -0.4 is 0 Å². The molecule has 0 amide bonds. The van der Waals surface area contributed by atoms with E-state index >= 15 is 0 Å². The number of pyridine rings is 2. The van der Waals surface area contributed by atoms with Gasteiger partial charge in [0.15, 0.2) is 0 Å². The highest BCUT2D eigenvalue weighted by atomic mass is 15.0. The summed E-state index contributed by atoms with van der Waals surface area (Å²) in [5.41, 5.74) is 3.55. The molecule has 92 valence electrons. The second-order valence-electron chi connectivity index (χ2n) is 5.79. The van der Waals surface area contributed by atoms with Crippen LogP contribution in [-0.4, -0.2) is 14.5 Å². The van der Waals surface area contributed by atoms with E-state index in [1.165, 1.54) is 16.3 Å². The lowest BCUT2D eigenvalue weighted by Gasteiger charge is -2.17. The molecule has 3 heteroatoms. The van der Waals surface area contributed by atoms with Crippen LogP contribution in [0.2, 0.25) is 0 Å². The number of fused-ring (bicyclic) bond motifs is 3. The lowest BCUT2D eigenvalue weighted by Crippen LogP contribution is -2.13.